The second-order valence-corrected chi connectivity index (χ2v) is 30.4. The van der Waals surface area contributed by atoms with Crippen LogP contribution in [0, 0.1) is 25.8 Å². The van der Waals surface area contributed by atoms with Crippen molar-refractivity contribution in [3.8, 4) is 50.6 Å². The summed E-state index contributed by atoms with van der Waals surface area (Å²) < 4.78 is 57.5. The number of hydrogen-bond donors (Lipinski definition) is 0. The van der Waals surface area contributed by atoms with E-state index >= 15 is 0 Å². The molecule has 0 bridgehead atoms. The summed E-state index contributed by atoms with van der Waals surface area (Å²) in [6, 6.07) is 62.8. The van der Waals surface area contributed by atoms with E-state index < -0.39 is 21.8 Å². The van der Waals surface area contributed by atoms with E-state index in [4.69, 9.17) is 17.6 Å². The Morgan fingerprint density at radius 1 is 0.593 bits per heavy atom. The van der Waals surface area contributed by atoms with Crippen LogP contribution in [0.3, 0.4) is 0 Å². The van der Waals surface area contributed by atoms with Crippen molar-refractivity contribution < 1.29 is 32.7 Å². The summed E-state index contributed by atoms with van der Waals surface area (Å²) in [7, 11) is -1.34. The van der Waals surface area contributed by atoms with Crippen molar-refractivity contribution in [2.45, 2.75) is 125 Å². The van der Waals surface area contributed by atoms with E-state index in [1.54, 1.807) is 24.3 Å². The van der Waals surface area contributed by atoms with Crippen molar-refractivity contribution in [2.75, 3.05) is 0 Å². The molecular weight excluding hydrogens is 1180 g/mol. The summed E-state index contributed by atoms with van der Waals surface area (Å²) >= 11 is 0. The maximum Gasteiger partial charge on any atom is 0.121 e. The van der Waals surface area contributed by atoms with Crippen molar-refractivity contribution in [1.82, 2.24) is 14.5 Å². The maximum absolute atomic E-state index is 8.81. The minimum atomic E-state index is -2.40. The molecule has 0 spiro atoms. The van der Waals surface area contributed by atoms with Crippen LogP contribution in [0.15, 0.2) is 174 Å². The van der Waals surface area contributed by atoms with Gasteiger partial charge in [-0.15, -0.1) is 53.6 Å². The van der Waals surface area contributed by atoms with Crippen molar-refractivity contribution in [3.05, 3.63) is 216 Å². The zero-order chi connectivity index (χ0) is 61.6. The number of hydrogen-bond acceptors (Lipinski definition) is 3. The van der Waals surface area contributed by atoms with E-state index in [0.717, 1.165) is 66.3 Å². The summed E-state index contributed by atoms with van der Waals surface area (Å²) in [5.74, 6) is 0.742. The van der Waals surface area contributed by atoms with Crippen LogP contribution >= 0.6 is 0 Å². The first-order valence-corrected chi connectivity index (χ1v) is 31.6. The predicted molar refractivity (Wildman–Crippen MR) is 345 cm³/mol. The molecule has 411 valence electrons. The molecule has 12 rings (SSSR count). The molecule has 0 aliphatic heterocycles. The van der Waals surface area contributed by atoms with Gasteiger partial charge in [-0.25, -0.2) is 0 Å². The van der Waals surface area contributed by atoms with Crippen molar-refractivity contribution in [2.24, 2.45) is 0 Å². The van der Waals surface area contributed by atoms with E-state index in [2.05, 4.69) is 226 Å². The van der Waals surface area contributed by atoms with Gasteiger partial charge in [0, 0.05) is 45.6 Å². The van der Waals surface area contributed by atoms with E-state index in [-0.39, 0.29) is 48.3 Å². The largest absolute Gasteiger partial charge is 0.501 e. The fraction of sp³-hybridized carbons (Fsp3) is 0.253. The molecule has 0 N–H and O–H groups in total. The first-order chi connectivity index (χ1) is 40.4. The smallest absolute Gasteiger partial charge is 0.121 e. The molecule has 3 heterocycles. The number of rotatable bonds is 8. The molecule has 0 aliphatic carbocycles. The molecule has 0 fully saturated rings. The molecule has 9 aromatic carbocycles. The first kappa shape index (κ1) is 49.6. The summed E-state index contributed by atoms with van der Waals surface area (Å²) in [6.07, 6.45) is 1.92. The van der Waals surface area contributed by atoms with E-state index in [1.165, 1.54) is 44.3 Å². The topological polar surface area (TPSA) is 43.9 Å². The van der Waals surface area contributed by atoms with Crippen LogP contribution in [0.2, 0.25) is 19.6 Å². The third-order valence-corrected chi connectivity index (χ3v) is 17.8. The minimum absolute atomic E-state index is 0. The van der Waals surface area contributed by atoms with Gasteiger partial charge < -0.3 is 14.0 Å². The second kappa shape index (κ2) is 21.9. The van der Waals surface area contributed by atoms with Crippen molar-refractivity contribution >= 4 is 67.8 Å². The Bertz CT molecular complexity index is 4420. The number of aromatic nitrogens is 3. The van der Waals surface area contributed by atoms with Gasteiger partial charge in [0.1, 0.15) is 5.58 Å². The molecule has 3 aromatic heterocycles. The zero-order valence-electron chi connectivity index (χ0n) is 54.9. The monoisotopic (exact) mass is 1260 g/mol. The molecule has 0 saturated carbocycles. The molecular formula is C75H75IrN3OSi-2. The third-order valence-electron chi connectivity index (χ3n) is 15.8. The average Bonchev–Trinajstić information content (AvgIpc) is 1.68. The number of fused-ring (bicyclic) bond motifs is 7. The van der Waals surface area contributed by atoms with Gasteiger partial charge in [-0.3, -0.25) is 4.98 Å². The Balaban J connectivity index is 0.000000339. The standard InChI is InChI=1S/C60H57N2O.C15H18NSi.Ir/c1-35(2)49-31-43(39-24-22-38(23-25-39)42-28-44(59(6,7)8)33-45(29-42)60(9,10)11)32-50(36(3)4)56(49)62-55-37(5)16-14-21-53(55)61-58(62)48-20-15-19-47-52-30-41-27-26-40-17-12-13-18-46(40)51(41)34-54(52)63-57(47)48;1-12-5-7-13(8-6-12)15-10-9-14(11-16-15)17(2,3)4;/h12-19,21-36H,1-11H3;5-7,9-11H,1-4H3;/q2*-1;/i5D3;1D3;. The Kier molecular flexibility index (Phi) is 13.4. The van der Waals surface area contributed by atoms with Crippen molar-refractivity contribution in [3.63, 3.8) is 0 Å². The second-order valence-electron chi connectivity index (χ2n) is 25.4. The van der Waals surface area contributed by atoms with Crippen LogP contribution in [-0.4, -0.2) is 22.6 Å². The fourth-order valence-electron chi connectivity index (χ4n) is 11.0. The van der Waals surface area contributed by atoms with Gasteiger partial charge in [0.15, 0.2) is 0 Å². The summed E-state index contributed by atoms with van der Waals surface area (Å²) in [5, 5.41) is 7.87. The molecule has 6 heteroatoms. The predicted octanol–water partition coefficient (Wildman–Crippen LogP) is 20.6. The maximum atomic E-state index is 8.81. The van der Waals surface area contributed by atoms with E-state index in [9.17, 15) is 0 Å². The average molecular weight is 1260 g/mol. The van der Waals surface area contributed by atoms with Gasteiger partial charge in [0.2, 0.25) is 0 Å². The normalized spacial score (nSPS) is 13.7. The molecule has 1 radical (unpaired) electrons. The Morgan fingerprint density at radius 3 is 1.85 bits per heavy atom. The molecule has 4 nitrogen and oxygen atoms in total. The molecule has 81 heavy (non-hydrogen) atoms. The zero-order valence-corrected chi connectivity index (χ0v) is 52.3. The van der Waals surface area contributed by atoms with Crippen LogP contribution in [0.4, 0.5) is 0 Å². The number of benzene rings is 9. The fourth-order valence-corrected chi connectivity index (χ4v) is 12.0. The number of furan rings is 1. The van der Waals surface area contributed by atoms with Crippen LogP contribution in [0.5, 0.6) is 0 Å². The number of para-hydroxylation sites is 1. The van der Waals surface area contributed by atoms with Crippen LogP contribution < -0.4 is 5.19 Å². The Morgan fingerprint density at radius 2 is 1.26 bits per heavy atom. The number of pyridine rings is 1. The molecule has 12 aromatic rings. The van der Waals surface area contributed by atoms with Gasteiger partial charge >= 0.3 is 0 Å². The van der Waals surface area contributed by atoms with Crippen LogP contribution in [0.25, 0.3) is 105 Å². The van der Waals surface area contributed by atoms with Gasteiger partial charge in [-0.05, 0) is 142 Å². The number of aryl methyl sites for hydroxylation is 2. The quantitative estimate of drug-likeness (QED) is 0.0865. The minimum Gasteiger partial charge on any atom is -0.501 e. The molecule has 0 unspecified atom stereocenters. The molecule has 0 amide bonds. The third kappa shape index (κ3) is 11.2. The van der Waals surface area contributed by atoms with Crippen molar-refractivity contribution in [1.29, 1.82) is 0 Å². The SMILES string of the molecule is [2H]C([2H])([2H])c1c[c-]c(-c2ccc([Si](C)(C)C)cn2)cc1.[2H]C([2H])([2H])c1cccc2nc(-c3[c-]ccc4c3oc3cc5c(ccc6ccccc65)cc34)n(-c3c(C(C)C)cc(-c4ccc(-c5cc(C(C)(C)C)cc(C(C)(C)C)c5)cc4)cc3C(C)C)c12.[Ir]. The Labute approximate surface area is 503 Å². The van der Waals surface area contributed by atoms with Gasteiger partial charge in [-0.2, -0.15) is 0 Å². The molecule has 0 saturated heterocycles. The van der Waals surface area contributed by atoms with Gasteiger partial charge in [0.25, 0.3) is 0 Å². The van der Waals surface area contributed by atoms with E-state index in [0.29, 0.717) is 33.6 Å². The van der Waals surface area contributed by atoms with Gasteiger partial charge in [-0.1, -0.05) is 210 Å². The molecule has 0 atom stereocenters. The first-order valence-electron chi connectivity index (χ1n) is 31.1. The van der Waals surface area contributed by atoms with E-state index in [1.807, 2.05) is 24.4 Å². The summed E-state index contributed by atoms with van der Waals surface area (Å²) in [4.78, 5) is 9.80. The Hall–Kier alpha value is -7.21. The summed E-state index contributed by atoms with van der Waals surface area (Å²) in [5.41, 5.74) is 16.0. The van der Waals surface area contributed by atoms with Crippen LogP contribution in [0.1, 0.15) is 123 Å². The number of nitrogens with zero attached hydrogens (tertiary/aromatic N) is 3. The van der Waals surface area contributed by atoms with Crippen LogP contribution in [-0.2, 0) is 30.9 Å². The molecule has 0 aliphatic rings. The summed E-state index contributed by atoms with van der Waals surface area (Å²) in [6.45, 7) is 24.9. The number of imidazole rings is 1. The van der Waals surface area contributed by atoms with Gasteiger partial charge in [0.05, 0.1) is 30.5 Å².